The van der Waals surface area contributed by atoms with E-state index < -0.39 is 6.03 Å². The third-order valence-corrected chi connectivity index (χ3v) is 6.49. The summed E-state index contributed by atoms with van der Waals surface area (Å²) in [7, 11) is 0. The van der Waals surface area contributed by atoms with Crippen molar-refractivity contribution in [1.82, 2.24) is 9.80 Å². The van der Waals surface area contributed by atoms with Gasteiger partial charge in [0.1, 0.15) is 6.42 Å². The monoisotopic (exact) mass is 374 g/mol. The molecule has 1 aromatic carbocycles. The zero-order valence-corrected chi connectivity index (χ0v) is 15.6. The van der Waals surface area contributed by atoms with Crippen molar-refractivity contribution in [3.63, 3.8) is 0 Å². The van der Waals surface area contributed by atoms with Gasteiger partial charge in [0.2, 0.25) is 11.8 Å². The second kappa shape index (κ2) is 6.69. The first kappa shape index (κ1) is 17.5. The summed E-state index contributed by atoms with van der Waals surface area (Å²) >= 11 is 5.93. The average molecular weight is 375 g/mol. The van der Waals surface area contributed by atoms with E-state index in [1.165, 1.54) is 16.2 Å². The molecule has 6 heteroatoms. The Morgan fingerprint density at radius 2 is 1.81 bits per heavy atom. The molecule has 4 amide bonds. The van der Waals surface area contributed by atoms with Gasteiger partial charge < -0.3 is 0 Å². The summed E-state index contributed by atoms with van der Waals surface area (Å²) in [5.41, 5.74) is 1.01. The van der Waals surface area contributed by atoms with Crippen LogP contribution in [0.15, 0.2) is 24.3 Å². The zero-order chi connectivity index (χ0) is 18.4. The molecule has 0 aromatic heterocycles. The standard InChI is InChI=1S/C20H23ClN2O3/c1-12(14-4-6-16(21)7-5-14)11-22-18(24)10-19(25)23(20(22)26)17-9-13-2-3-15(17)8-13/h4-7,12-13,15,17H,2-3,8-11H2,1H3/t12?,13-,15+,17-/m1/s1. The van der Waals surface area contributed by atoms with Crippen LogP contribution in [-0.4, -0.2) is 40.2 Å². The predicted octanol–water partition coefficient (Wildman–Crippen LogP) is 3.81. The molecule has 2 saturated carbocycles. The number of imide groups is 2. The molecule has 1 aliphatic heterocycles. The van der Waals surface area contributed by atoms with E-state index >= 15 is 0 Å². The van der Waals surface area contributed by atoms with Gasteiger partial charge in [-0.05, 0) is 54.7 Å². The van der Waals surface area contributed by atoms with Gasteiger partial charge in [-0.25, -0.2) is 4.79 Å². The molecule has 3 aliphatic rings. The SMILES string of the molecule is CC(CN1C(=O)CC(=O)N([C@@H]2C[C@@H]3CC[C@H]2C3)C1=O)c1ccc(Cl)cc1. The minimum Gasteiger partial charge on any atom is -0.274 e. The van der Waals surface area contributed by atoms with E-state index in [1.807, 2.05) is 19.1 Å². The van der Waals surface area contributed by atoms with E-state index in [-0.39, 0.29) is 36.7 Å². The molecule has 2 bridgehead atoms. The number of fused-ring (bicyclic) bond motifs is 2. The summed E-state index contributed by atoms with van der Waals surface area (Å²) in [4.78, 5) is 40.5. The fourth-order valence-corrected chi connectivity index (χ4v) is 4.98. The Labute approximate surface area is 158 Å². The molecule has 4 rings (SSSR count). The van der Waals surface area contributed by atoms with Gasteiger partial charge in [-0.3, -0.25) is 19.4 Å². The second-order valence-corrected chi connectivity index (χ2v) is 8.36. The summed E-state index contributed by atoms with van der Waals surface area (Å²) in [6, 6.07) is 6.98. The van der Waals surface area contributed by atoms with Crippen LogP contribution in [0.3, 0.4) is 0 Å². The van der Waals surface area contributed by atoms with Crippen molar-refractivity contribution in [2.45, 2.75) is 51.0 Å². The van der Waals surface area contributed by atoms with Crippen molar-refractivity contribution >= 4 is 29.4 Å². The largest absolute Gasteiger partial charge is 0.333 e. The maximum absolute atomic E-state index is 13.0. The zero-order valence-electron chi connectivity index (χ0n) is 14.9. The minimum atomic E-state index is -0.426. The first-order chi connectivity index (χ1) is 12.4. The van der Waals surface area contributed by atoms with Crippen LogP contribution >= 0.6 is 11.6 Å². The van der Waals surface area contributed by atoms with E-state index in [9.17, 15) is 14.4 Å². The number of barbiturate groups is 1. The number of hydrogen-bond acceptors (Lipinski definition) is 3. The van der Waals surface area contributed by atoms with Crippen molar-refractivity contribution < 1.29 is 14.4 Å². The van der Waals surface area contributed by atoms with Crippen molar-refractivity contribution in [3.8, 4) is 0 Å². The fraction of sp³-hybridized carbons (Fsp3) is 0.550. The molecule has 1 heterocycles. The Morgan fingerprint density at radius 3 is 2.42 bits per heavy atom. The topological polar surface area (TPSA) is 57.7 Å². The van der Waals surface area contributed by atoms with Crippen LogP contribution in [-0.2, 0) is 9.59 Å². The summed E-state index contributed by atoms with van der Waals surface area (Å²) in [6.07, 6.45) is 4.09. The molecule has 0 N–H and O–H groups in total. The van der Waals surface area contributed by atoms with Gasteiger partial charge in [0.25, 0.3) is 0 Å². The molecule has 3 fully saturated rings. The number of urea groups is 1. The number of rotatable bonds is 4. The van der Waals surface area contributed by atoms with Crippen molar-refractivity contribution in [3.05, 3.63) is 34.9 Å². The molecule has 4 atom stereocenters. The number of halogens is 1. The number of nitrogens with zero attached hydrogens (tertiary/aromatic N) is 2. The van der Waals surface area contributed by atoms with Gasteiger partial charge in [-0.15, -0.1) is 0 Å². The third kappa shape index (κ3) is 3.02. The fourth-order valence-electron chi connectivity index (χ4n) is 4.86. The van der Waals surface area contributed by atoms with Crippen molar-refractivity contribution in [2.24, 2.45) is 11.8 Å². The Bertz CT molecular complexity index is 748. The predicted molar refractivity (Wildman–Crippen MR) is 97.7 cm³/mol. The highest BCUT2D eigenvalue weighted by Gasteiger charge is 2.49. The third-order valence-electron chi connectivity index (χ3n) is 6.24. The van der Waals surface area contributed by atoms with E-state index in [4.69, 9.17) is 11.6 Å². The second-order valence-electron chi connectivity index (χ2n) is 7.92. The molecule has 0 radical (unpaired) electrons. The Balaban J connectivity index is 1.51. The van der Waals surface area contributed by atoms with Crippen LogP contribution < -0.4 is 0 Å². The summed E-state index contributed by atoms with van der Waals surface area (Å²) in [5.74, 6) is 0.310. The lowest BCUT2D eigenvalue weighted by Gasteiger charge is -2.39. The summed E-state index contributed by atoms with van der Waals surface area (Å²) in [5, 5.41) is 0.652. The van der Waals surface area contributed by atoms with Gasteiger partial charge in [-0.2, -0.15) is 0 Å². The molecule has 1 saturated heterocycles. The maximum Gasteiger partial charge on any atom is 0.333 e. The first-order valence-electron chi connectivity index (χ1n) is 9.36. The minimum absolute atomic E-state index is 0.0183. The number of carbonyl (C=O) groups is 3. The van der Waals surface area contributed by atoms with Crippen LogP contribution in [0.4, 0.5) is 4.79 Å². The smallest absolute Gasteiger partial charge is 0.274 e. The number of benzene rings is 1. The highest BCUT2D eigenvalue weighted by Crippen LogP contribution is 2.47. The van der Waals surface area contributed by atoms with Crippen LogP contribution in [0.25, 0.3) is 0 Å². The Kier molecular flexibility index (Phi) is 4.51. The van der Waals surface area contributed by atoms with Crippen LogP contribution in [0.1, 0.15) is 50.5 Å². The molecule has 26 heavy (non-hydrogen) atoms. The molecule has 1 unspecified atom stereocenters. The van der Waals surface area contributed by atoms with Crippen molar-refractivity contribution in [1.29, 1.82) is 0 Å². The van der Waals surface area contributed by atoms with E-state index in [1.54, 1.807) is 12.1 Å². The van der Waals surface area contributed by atoms with E-state index in [0.29, 0.717) is 16.9 Å². The molecule has 2 aliphatic carbocycles. The molecule has 0 spiro atoms. The Hall–Kier alpha value is -1.88. The van der Waals surface area contributed by atoms with Crippen LogP contribution in [0.5, 0.6) is 0 Å². The highest BCUT2D eigenvalue weighted by atomic mass is 35.5. The number of carbonyl (C=O) groups excluding carboxylic acids is 3. The van der Waals surface area contributed by atoms with Gasteiger partial charge in [0.05, 0.1) is 0 Å². The number of hydrogen-bond donors (Lipinski definition) is 0. The van der Waals surface area contributed by atoms with Crippen molar-refractivity contribution in [2.75, 3.05) is 6.54 Å². The lowest BCUT2D eigenvalue weighted by atomic mass is 9.93. The molecule has 1 aromatic rings. The quantitative estimate of drug-likeness (QED) is 0.753. The normalized spacial score (nSPS) is 29.6. The molecule has 5 nitrogen and oxygen atoms in total. The van der Waals surface area contributed by atoms with Gasteiger partial charge in [0.15, 0.2) is 0 Å². The number of amides is 4. The summed E-state index contributed by atoms with van der Waals surface area (Å²) < 4.78 is 0. The molecule has 138 valence electrons. The first-order valence-corrected chi connectivity index (χ1v) is 9.73. The highest BCUT2D eigenvalue weighted by molar-refractivity contribution is 6.30. The van der Waals surface area contributed by atoms with E-state index in [2.05, 4.69) is 0 Å². The van der Waals surface area contributed by atoms with Crippen LogP contribution in [0.2, 0.25) is 5.02 Å². The lowest BCUT2D eigenvalue weighted by molar-refractivity contribution is -0.144. The van der Waals surface area contributed by atoms with Crippen LogP contribution in [0, 0.1) is 11.8 Å². The molecular weight excluding hydrogens is 352 g/mol. The lowest BCUT2D eigenvalue weighted by Crippen LogP contribution is -2.59. The maximum atomic E-state index is 13.0. The van der Waals surface area contributed by atoms with Gasteiger partial charge in [-0.1, -0.05) is 37.1 Å². The molecular formula is C20H23ClN2O3. The van der Waals surface area contributed by atoms with Gasteiger partial charge in [0, 0.05) is 17.6 Å². The summed E-state index contributed by atoms with van der Waals surface area (Å²) in [6.45, 7) is 2.26. The van der Waals surface area contributed by atoms with E-state index in [0.717, 1.165) is 24.8 Å². The Morgan fingerprint density at radius 1 is 1.08 bits per heavy atom. The van der Waals surface area contributed by atoms with Gasteiger partial charge >= 0.3 is 6.03 Å². The average Bonchev–Trinajstić information content (AvgIpc) is 3.22.